The first-order chi connectivity index (χ1) is 5.09. The number of hydrogen-bond donors (Lipinski definition) is 0. The van der Waals surface area contributed by atoms with E-state index in [0.29, 0.717) is 0 Å². The topological polar surface area (TPSA) is 42.9 Å². The van der Waals surface area contributed by atoms with E-state index in [1.54, 1.807) is 22.6 Å². The molecule has 0 aliphatic carbocycles. The van der Waals surface area contributed by atoms with Gasteiger partial charge in [-0.1, -0.05) is 11.6 Å². The number of halogens is 3. The predicted molar refractivity (Wildman–Crippen MR) is 50.4 cm³/mol. The monoisotopic (exact) mass is 302 g/mol. The molecule has 0 amide bonds. The molecular formula is C5HCl2IN2O. The van der Waals surface area contributed by atoms with Gasteiger partial charge in [0.1, 0.15) is 10.8 Å². The van der Waals surface area contributed by atoms with Crippen molar-refractivity contribution in [1.82, 2.24) is 9.97 Å². The molecule has 0 aliphatic heterocycles. The minimum Gasteiger partial charge on any atom is -0.280 e. The Labute approximate surface area is 86.3 Å². The standard InChI is InChI=1S/C5HCl2IN2O/c6-3-1-2(4(8)11)9-5(7)10-3/h1H. The number of aromatic nitrogens is 2. The van der Waals surface area contributed by atoms with Crippen molar-refractivity contribution < 1.29 is 4.79 Å². The largest absolute Gasteiger partial charge is 0.280 e. The molecule has 6 heteroatoms. The summed E-state index contributed by atoms with van der Waals surface area (Å²) in [6.07, 6.45) is 0. The molecule has 0 saturated carbocycles. The Hall–Kier alpha value is 0.0600. The summed E-state index contributed by atoms with van der Waals surface area (Å²) in [6.45, 7) is 0. The fourth-order valence-corrected chi connectivity index (χ4v) is 1.18. The molecule has 58 valence electrons. The average molecular weight is 303 g/mol. The van der Waals surface area contributed by atoms with Gasteiger partial charge in [-0.2, -0.15) is 0 Å². The molecule has 0 atom stereocenters. The van der Waals surface area contributed by atoms with Crippen molar-refractivity contribution in [1.29, 1.82) is 0 Å². The maximum atomic E-state index is 10.7. The van der Waals surface area contributed by atoms with Crippen molar-refractivity contribution in [3.8, 4) is 0 Å². The predicted octanol–water partition coefficient (Wildman–Crippen LogP) is 2.36. The van der Waals surface area contributed by atoms with Crippen molar-refractivity contribution >= 4 is 49.6 Å². The van der Waals surface area contributed by atoms with Crippen LogP contribution in [0.2, 0.25) is 10.4 Å². The molecule has 1 rings (SSSR count). The van der Waals surface area contributed by atoms with Gasteiger partial charge in [-0.25, -0.2) is 9.97 Å². The van der Waals surface area contributed by atoms with E-state index in [4.69, 9.17) is 23.2 Å². The second-order valence-corrected chi connectivity index (χ2v) is 3.32. The van der Waals surface area contributed by atoms with Crippen molar-refractivity contribution in [2.24, 2.45) is 0 Å². The third-order valence-corrected chi connectivity index (χ3v) is 1.78. The van der Waals surface area contributed by atoms with Gasteiger partial charge in [-0.15, -0.1) is 0 Å². The lowest BCUT2D eigenvalue weighted by Crippen LogP contribution is -1.95. The van der Waals surface area contributed by atoms with Crippen molar-refractivity contribution in [2.75, 3.05) is 0 Å². The van der Waals surface area contributed by atoms with Crippen LogP contribution in [-0.4, -0.2) is 13.8 Å². The van der Waals surface area contributed by atoms with Gasteiger partial charge in [0.15, 0.2) is 0 Å². The summed E-state index contributed by atoms with van der Waals surface area (Å²) in [4.78, 5) is 18.0. The van der Waals surface area contributed by atoms with Crippen LogP contribution < -0.4 is 0 Å². The van der Waals surface area contributed by atoms with Gasteiger partial charge in [0.05, 0.1) is 0 Å². The second-order valence-electron chi connectivity index (χ2n) is 1.62. The molecule has 1 aromatic rings. The van der Waals surface area contributed by atoms with E-state index in [1.807, 2.05) is 0 Å². The van der Waals surface area contributed by atoms with Gasteiger partial charge < -0.3 is 0 Å². The fourth-order valence-electron chi connectivity index (χ4n) is 0.491. The van der Waals surface area contributed by atoms with Gasteiger partial charge in [-0.3, -0.25) is 4.79 Å². The van der Waals surface area contributed by atoms with Crippen LogP contribution in [0.4, 0.5) is 0 Å². The van der Waals surface area contributed by atoms with Gasteiger partial charge in [0.25, 0.3) is 0 Å². The molecule has 1 aromatic heterocycles. The highest BCUT2D eigenvalue weighted by Crippen LogP contribution is 2.12. The maximum absolute atomic E-state index is 10.7. The summed E-state index contributed by atoms with van der Waals surface area (Å²) in [5.74, 6) is 0. The Bertz CT molecular complexity index is 284. The molecule has 0 fully saturated rings. The highest BCUT2D eigenvalue weighted by atomic mass is 127. The highest BCUT2D eigenvalue weighted by molar-refractivity contribution is 14.1. The number of rotatable bonds is 1. The molecule has 0 bridgehead atoms. The molecule has 11 heavy (non-hydrogen) atoms. The Morgan fingerprint density at radius 3 is 2.55 bits per heavy atom. The number of hydrogen-bond acceptors (Lipinski definition) is 3. The molecule has 0 N–H and O–H groups in total. The lowest BCUT2D eigenvalue weighted by molar-refractivity contribution is 0.110. The number of carbonyl (C=O) groups is 1. The van der Waals surface area contributed by atoms with Gasteiger partial charge in [0, 0.05) is 28.7 Å². The lowest BCUT2D eigenvalue weighted by atomic mass is 10.4. The molecule has 0 saturated heterocycles. The Kier molecular flexibility index (Phi) is 3.03. The van der Waals surface area contributed by atoms with Gasteiger partial charge in [0.2, 0.25) is 9.07 Å². The third-order valence-electron chi connectivity index (χ3n) is 0.869. The van der Waals surface area contributed by atoms with Crippen LogP contribution in [-0.2, 0) is 0 Å². The molecule has 0 unspecified atom stereocenters. The van der Waals surface area contributed by atoms with E-state index in [9.17, 15) is 4.79 Å². The zero-order chi connectivity index (χ0) is 8.43. The highest BCUT2D eigenvalue weighted by Gasteiger charge is 2.05. The van der Waals surface area contributed by atoms with E-state index in [2.05, 4.69) is 9.97 Å². The summed E-state index contributed by atoms with van der Waals surface area (Å²) >= 11 is 12.5. The van der Waals surface area contributed by atoms with Crippen LogP contribution in [0.5, 0.6) is 0 Å². The first-order valence-corrected chi connectivity index (χ1v) is 4.33. The minimum absolute atomic E-state index is 0.0162. The second kappa shape index (κ2) is 3.64. The van der Waals surface area contributed by atoms with Gasteiger partial charge >= 0.3 is 0 Å². The Balaban J connectivity index is 3.19. The Morgan fingerprint density at radius 2 is 2.09 bits per heavy atom. The maximum Gasteiger partial charge on any atom is 0.240 e. The third kappa shape index (κ3) is 2.53. The zero-order valence-corrected chi connectivity index (χ0v) is 8.68. The first kappa shape index (κ1) is 9.15. The zero-order valence-electron chi connectivity index (χ0n) is 5.01. The number of carbonyl (C=O) groups excluding carboxylic acids is 1. The van der Waals surface area contributed by atoms with Crippen molar-refractivity contribution in [3.05, 3.63) is 22.2 Å². The SMILES string of the molecule is O=C(I)c1cc(Cl)nc(Cl)n1. The summed E-state index contributed by atoms with van der Waals surface area (Å²) in [5, 5.41) is 0.155. The molecule has 3 nitrogen and oxygen atoms in total. The molecule has 0 radical (unpaired) electrons. The van der Waals surface area contributed by atoms with E-state index in [1.165, 1.54) is 6.07 Å². The minimum atomic E-state index is -0.214. The van der Waals surface area contributed by atoms with Crippen molar-refractivity contribution in [2.45, 2.75) is 0 Å². The summed E-state index contributed by atoms with van der Waals surface area (Å²) < 4.78 is -0.214. The summed E-state index contributed by atoms with van der Waals surface area (Å²) in [5.41, 5.74) is 0.218. The smallest absolute Gasteiger partial charge is 0.240 e. The van der Waals surface area contributed by atoms with Crippen LogP contribution in [0, 0.1) is 0 Å². The lowest BCUT2D eigenvalue weighted by Gasteiger charge is -1.93. The van der Waals surface area contributed by atoms with E-state index < -0.39 is 0 Å². The van der Waals surface area contributed by atoms with E-state index in [0.717, 1.165) is 0 Å². The van der Waals surface area contributed by atoms with Crippen LogP contribution >= 0.6 is 45.8 Å². The average Bonchev–Trinajstić information content (AvgIpc) is 1.85. The molecule has 0 aliphatic rings. The quantitative estimate of drug-likeness (QED) is 0.346. The summed E-state index contributed by atoms with van der Waals surface area (Å²) in [6, 6.07) is 1.36. The molecule has 1 heterocycles. The van der Waals surface area contributed by atoms with Crippen LogP contribution in [0.25, 0.3) is 0 Å². The Morgan fingerprint density at radius 1 is 1.45 bits per heavy atom. The number of nitrogens with zero attached hydrogens (tertiary/aromatic N) is 2. The molecule has 0 aromatic carbocycles. The van der Waals surface area contributed by atoms with Crippen molar-refractivity contribution in [3.63, 3.8) is 0 Å². The van der Waals surface area contributed by atoms with Crippen LogP contribution in [0.1, 0.15) is 10.5 Å². The van der Waals surface area contributed by atoms with E-state index in [-0.39, 0.29) is 19.9 Å². The van der Waals surface area contributed by atoms with Gasteiger partial charge in [-0.05, 0) is 11.6 Å². The summed E-state index contributed by atoms with van der Waals surface area (Å²) in [7, 11) is 0. The van der Waals surface area contributed by atoms with Crippen LogP contribution in [0.15, 0.2) is 6.07 Å². The van der Waals surface area contributed by atoms with Crippen LogP contribution in [0.3, 0.4) is 0 Å². The van der Waals surface area contributed by atoms with E-state index >= 15 is 0 Å². The first-order valence-electron chi connectivity index (χ1n) is 2.49. The fraction of sp³-hybridized carbons (Fsp3) is 0. The molecule has 0 spiro atoms. The normalized spacial score (nSPS) is 9.73. The molecular weight excluding hydrogens is 302 g/mol.